The minimum atomic E-state index is -1.41. The van der Waals surface area contributed by atoms with Gasteiger partial charge in [-0.1, -0.05) is 51.1 Å². The lowest BCUT2D eigenvalue weighted by atomic mass is 9.72. The number of aliphatic hydroxyl groups is 1. The molecule has 3 aliphatic rings. The highest BCUT2D eigenvalue weighted by Gasteiger charge is 2.60. The number of carbonyl (C=O) groups is 4. The normalized spacial score (nSPS) is 39.6. The molecule has 3 aliphatic heterocycles. The van der Waals surface area contributed by atoms with Gasteiger partial charge in [0.25, 0.3) is 0 Å². The van der Waals surface area contributed by atoms with E-state index in [1.54, 1.807) is 27.8 Å². The number of amides is 1. The summed E-state index contributed by atoms with van der Waals surface area (Å²) in [7, 11) is 6.83. The van der Waals surface area contributed by atoms with Gasteiger partial charge in [-0.2, -0.15) is 0 Å². The summed E-state index contributed by atoms with van der Waals surface area (Å²) in [5.41, 5.74) is -1.66. The Morgan fingerprint density at radius 1 is 1.04 bits per heavy atom. The predicted octanol–water partition coefficient (Wildman–Crippen LogP) is 3.59. The van der Waals surface area contributed by atoms with Crippen LogP contribution >= 0.6 is 0 Å². The summed E-state index contributed by atoms with van der Waals surface area (Å²) in [5.74, 6) is -5.03. The molecular weight excluding hydrogens is 670 g/mol. The van der Waals surface area contributed by atoms with Crippen molar-refractivity contribution in [3.63, 3.8) is 0 Å². The minimum absolute atomic E-state index is 0.118. The number of esters is 1. The van der Waals surface area contributed by atoms with Gasteiger partial charge in [0.05, 0.1) is 29.8 Å². The third-order valence-electron chi connectivity index (χ3n) is 11.7. The van der Waals surface area contributed by atoms with Crippen molar-refractivity contribution in [3.8, 4) is 0 Å². The van der Waals surface area contributed by atoms with Gasteiger partial charge in [0.15, 0.2) is 17.7 Å². The topological polar surface area (TPSA) is 153 Å². The van der Waals surface area contributed by atoms with E-state index in [4.69, 9.17) is 23.7 Å². The number of rotatable bonds is 9. The fourth-order valence-electron chi connectivity index (χ4n) is 8.57. The third kappa shape index (κ3) is 8.55. The van der Waals surface area contributed by atoms with E-state index >= 15 is 0 Å². The molecule has 13 atom stereocenters. The Balaban J connectivity index is 1.80. The highest BCUT2D eigenvalue weighted by molar-refractivity contribution is 6.00. The lowest BCUT2D eigenvalue weighted by molar-refractivity contribution is -0.295. The molecule has 3 saturated heterocycles. The average molecular weight is 732 g/mol. The zero-order chi connectivity index (χ0) is 38.7. The number of nitrogens with zero attached hydrogens (tertiary/aromatic N) is 2. The Labute approximate surface area is 309 Å². The molecule has 292 valence electrons. The second kappa shape index (κ2) is 17.0. The highest BCUT2D eigenvalue weighted by Crippen LogP contribution is 2.42. The van der Waals surface area contributed by atoms with E-state index in [2.05, 4.69) is 5.32 Å². The van der Waals surface area contributed by atoms with E-state index in [1.807, 2.05) is 70.1 Å². The van der Waals surface area contributed by atoms with E-state index < -0.39 is 83.4 Å². The summed E-state index contributed by atoms with van der Waals surface area (Å²) in [4.78, 5) is 59.6. The SMILES string of the molecule is CC[C@H]1OC(=O)[C@H](C)C(=O)[C@H](C)[C@@H](O[C@@H]2O[C@H](C)C[C@H](N(C)C)[C@H]2O)[C@](C)(OC)C[C@@H](C)C(=O)[C@H](CNCc2ccccc2)[C@H]2N(C)C(=O)O[C@]12C. The molecule has 0 unspecified atom stereocenters. The molecule has 3 fully saturated rings. The van der Waals surface area contributed by atoms with Crippen LogP contribution in [0.3, 0.4) is 0 Å². The van der Waals surface area contributed by atoms with E-state index in [9.17, 15) is 24.3 Å². The fourth-order valence-corrected chi connectivity index (χ4v) is 8.57. The molecule has 1 aromatic carbocycles. The standard InChI is InChI=1S/C39H61N3O10/c1-12-29-39(7)33(42(10)37(47)52-39)27(21-40-20-26-16-14-13-15-17-26)30(43)22(2)19-38(6,48-11)34(24(4)31(44)25(5)35(46)50-29)51-36-32(45)28(41(8)9)18-23(3)49-36/h13-17,22-25,27-29,32-34,36,40,45H,12,18-21H2,1-11H3/t22-,23-,24+,25-,27+,28+,29-,32-,33-,34-,36+,38-,39-/m1/s1. The quantitative estimate of drug-likeness (QED) is 0.282. The van der Waals surface area contributed by atoms with Gasteiger partial charge in [-0.15, -0.1) is 0 Å². The number of methoxy groups -OCH3 is 1. The fraction of sp³-hybridized carbons (Fsp3) is 0.744. The molecule has 1 amide bonds. The van der Waals surface area contributed by atoms with E-state index in [-0.39, 0.29) is 37.3 Å². The number of hydrogen-bond acceptors (Lipinski definition) is 12. The maximum Gasteiger partial charge on any atom is 0.410 e. The van der Waals surface area contributed by atoms with Crippen molar-refractivity contribution in [1.29, 1.82) is 0 Å². The number of likely N-dealkylation sites (N-methyl/N-ethyl adjacent to an activating group) is 2. The molecule has 3 heterocycles. The molecule has 0 radical (unpaired) electrons. The molecule has 52 heavy (non-hydrogen) atoms. The summed E-state index contributed by atoms with van der Waals surface area (Å²) in [6.07, 6.45) is -4.12. The summed E-state index contributed by atoms with van der Waals surface area (Å²) >= 11 is 0. The van der Waals surface area contributed by atoms with Crippen molar-refractivity contribution in [2.45, 2.75) is 128 Å². The number of Topliss-reactive ketones (excluding diaryl/α,β-unsaturated/α-hetero) is 2. The Kier molecular flexibility index (Phi) is 13.7. The second-order valence-corrected chi connectivity index (χ2v) is 15.7. The number of aliphatic hydroxyl groups excluding tert-OH is 1. The van der Waals surface area contributed by atoms with Crippen molar-refractivity contribution >= 4 is 23.6 Å². The minimum Gasteiger partial charge on any atom is -0.458 e. The Bertz CT molecular complexity index is 1410. The first-order chi connectivity index (χ1) is 24.4. The van der Waals surface area contributed by atoms with E-state index in [0.717, 1.165) is 5.56 Å². The third-order valence-corrected chi connectivity index (χ3v) is 11.7. The summed E-state index contributed by atoms with van der Waals surface area (Å²) in [6, 6.07) is 8.68. The van der Waals surface area contributed by atoms with Crippen LogP contribution in [0.1, 0.15) is 73.3 Å². The zero-order valence-electron chi connectivity index (χ0n) is 32.8. The molecule has 13 nitrogen and oxygen atoms in total. The first-order valence-electron chi connectivity index (χ1n) is 18.6. The first kappa shape index (κ1) is 41.8. The van der Waals surface area contributed by atoms with Gasteiger partial charge >= 0.3 is 12.1 Å². The van der Waals surface area contributed by atoms with Crippen molar-refractivity contribution in [1.82, 2.24) is 15.1 Å². The summed E-state index contributed by atoms with van der Waals surface area (Å²) in [5, 5.41) is 14.9. The molecule has 1 aromatic rings. The smallest absolute Gasteiger partial charge is 0.410 e. The number of cyclic esters (lactones) is 1. The van der Waals surface area contributed by atoms with Crippen LogP contribution < -0.4 is 5.32 Å². The lowest BCUT2D eigenvalue weighted by Crippen LogP contribution is -2.61. The van der Waals surface area contributed by atoms with Crippen molar-refractivity contribution in [3.05, 3.63) is 35.9 Å². The summed E-state index contributed by atoms with van der Waals surface area (Å²) in [6.45, 7) is 12.8. The van der Waals surface area contributed by atoms with Crippen molar-refractivity contribution in [2.75, 3.05) is 34.8 Å². The zero-order valence-corrected chi connectivity index (χ0v) is 32.8. The monoisotopic (exact) mass is 731 g/mol. The van der Waals surface area contributed by atoms with Crippen LogP contribution in [-0.2, 0) is 44.6 Å². The van der Waals surface area contributed by atoms with Crippen LogP contribution in [0.15, 0.2) is 30.3 Å². The molecule has 0 aliphatic carbocycles. The number of hydrogen-bond donors (Lipinski definition) is 2. The van der Waals surface area contributed by atoms with Crippen LogP contribution in [0.5, 0.6) is 0 Å². The molecular formula is C39H61N3O10. The Morgan fingerprint density at radius 3 is 2.29 bits per heavy atom. The molecule has 0 saturated carbocycles. The Morgan fingerprint density at radius 2 is 1.69 bits per heavy atom. The number of carbonyl (C=O) groups excluding carboxylic acids is 4. The van der Waals surface area contributed by atoms with Gasteiger partial charge in [-0.25, -0.2) is 4.79 Å². The maximum absolute atomic E-state index is 14.9. The van der Waals surface area contributed by atoms with Gasteiger partial charge in [0, 0.05) is 45.1 Å². The molecule has 4 rings (SSSR count). The van der Waals surface area contributed by atoms with Gasteiger partial charge in [-0.3, -0.25) is 14.4 Å². The second-order valence-electron chi connectivity index (χ2n) is 15.7. The largest absolute Gasteiger partial charge is 0.458 e. The summed E-state index contributed by atoms with van der Waals surface area (Å²) < 4.78 is 31.0. The molecule has 13 heteroatoms. The molecule has 2 N–H and O–H groups in total. The number of fused-ring (bicyclic) bond motifs is 1. The van der Waals surface area contributed by atoms with Crippen LogP contribution in [-0.4, -0.2) is 127 Å². The van der Waals surface area contributed by atoms with E-state index in [1.165, 1.54) is 18.9 Å². The predicted molar refractivity (Wildman–Crippen MR) is 193 cm³/mol. The Hall–Kier alpha value is -2.94. The van der Waals surface area contributed by atoms with Crippen molar-refractivity contribution < 1.29 is 48.0 Å². The molecule has 0 bridgehead atoms. The number of ketones is 2. The van der Waals surface area contributed by atoms with Gasteiger partial charge < -0.3 is 43.9 Å². The van der Waals surface area contributed by atoms with Gasteiger partial charge in [-0.05, 0) is 66.6 Å². The molecule has 0 aromatic heterocycles. The average Bonchev–Trinajstić information content (AvgIpc) is 3.34. The van der Waals surface area contributed by atoms with Crippen LogP contribution in [0.25, 0.3) is 0 Å². The number of nitrogens with one attached hydrogen (secondary N) is 1. The van der Waals surface area contributed by atoms with Gasteiger partial charge in [0.2, 0.25) is 0 Å². The highest BCUT2D eigenvalue weighted by atomic mass is 16.7. The van der Waals surface area contributed by atoms with Crippen LogP contribution in [0, 0.1) is 23.7 Å². The number of benzene rings is 1. The van der Waals surface area contributed by atoms with Crippen LogP contribution in [0.4, 0.5) is 4.79 Å². The maximum atomic E-state index is 14.9. The van der Waals surface area contributed by atoms with Crippen molar-refractivity contribution in [2.24, 2.45) is 23.7 Å². The lowest BCUT2D eigenvalue weighted by Gasteiger charge is -2.47. The first-order valence-corrected chi connectivity index (χ1v) is 18.6. The van der Waals surface area contributed by atoms with E-state index in [0.29, 0.717) is 13.0 Å². The van der Waals surface area contributed by atoms with Crippen LogP contribution in [0.2, 0.25) is 0 Å². The number of ether oxygens (including phenoxy) is 5. The van der Waals surface area contributed by atoms with Gasteiger partial charge in [0.1, 0.15) is 23.9 Å². The molecule has 0 spiro atoms.